The van der Waals surface area contributed by atoms with E-state index < -0.39 is 0 Å². The molecule has 0 radical (unpaired) electrons. The number of para-hydroxylation sites is 2. The highest BCUT2D eigenvalue weighted by Crippen LogP contribution is 2.31. The third kappa shape index (κ3) is 4.36. The van der Waals surface area contributed by atoms with Gasteiger partial charge in [-0.2, -0.15) is 0 Å². The predicted octanol–water partition coefficient (Wildman–Crippen LogP) is 1.09. The van der Waals surface area contributed by atoms with E-state index in [0.717, 1.165) is 31.6 Å². The molecule has 1 fully saturated rings. The van der Waals surface area contributed by atoms with Crippen molar-refractivity contribution in [3.8, 4) is 5.75 Å². The molecular formula is C16H22ClN3O3. The van der Waals surface area contributed by atoms with Crippen molar-refractivity contribution in [2.75, 3.05) is 31.1 Å². The lowest BCUT2D eigenvalue weighted by Crippen LogP contribution is -2.47. The molecule has 0 aromatic heterocycles. The Labute approximate surface area is 142 Å². The van der Waals surface area contributed by atoms with Gasteiger partial charge in [-0.15, -0.1) is 12.4 Å². The highest BCUT2D eigenvalue weighted by Gasteiger charge is 2.25. The maximum absolute atomic E-state index is 12.1. The highest BCUT2D eigenvalue weighted by molar-refractivity contribution is 5.98. The highest BCUT2D eigenvalue weighted by atomic mass is 35.5. The minimum Gasteiger partial charge on any atom is -0.482 e. The van der Waals surface area contributed by atoms with Crippen LogP contribution in [0.5, 0.6) is 5.75 Å². The summed E-state index contributed by atoms with van der Waals surface area (Å²) in [6.45, 7) is 2.26. The van der Waals surface area contributed by atoms with Crippen LogP contribution < -0.4 is 20.3 Å². The van der Waals surface area contributed by atoms with Gasteiger partial charge in [-0.05, 0) is 31.5 Å². The number of carbonyl (C=O) groups excluding carboxylic acids is 2. The summed E-state index contributed by atoms with van der Waals surface area (Å²) < 4.78 is 5.39. The lowest BCUT2D eigenvalue weighted by Gasteiger charge is -2.29. The summed E-state index contributed by atoms with van der Waals surface area (Å²) in [5.74, 6) is 0.579. The molecule has 2 heterocycles. The van der Waals surface area contributed by atoms with Gasteiger partial charge in [0.1, 0.15) is 5.75 Å². The van der Waals surface area contributed by atoms with Crippen LogP contribution in [0.1, 0.15) is 19.3 Å². The van der Waals surface area contributed by atoms with Crippen molar-refractivity contribution in [3.63, 3.8) is 0 Å². The number of piperidine rings is 1. The molecule has 0 bridgehead atoms. The SMILES string of the molecule is Cl.O=C(CCN1C(=O)COc2ccccc21)N[C@H]1CCCNC1. The van der Waals surface area contributed by atoms with Crippen molar-refractivity contribution in [2.24, 2.45) is 0 Å². The molecule has 2 N–H and O–H groups in total. The van der Waals surface area contributed by atoms with Crippen LogP contribution in [0.25, 0.3) is 0 Å². The lowest BCUT2D eigenvalue weighted by atomic mass is 10.1. The Morgan fingerprint density at radius 2 is 2.22 bits per heavy atom. The third-order valence-corrected chi connectivity index (χ3v) is 4.03. The van der Waals surface area contributed by atoms with Gasteiger partial charge in [0.15, 0.2) is 6.61 Å². The molecule has 0 saturated carbocycles. The first-order valence-electron chi connectivity index (χ1n) is 7.76. The fourth-order valence-electron chi connectivity index (χ4n) is 2.89. The quantitative estimate of drug-likeness (QED) is 0.861. The smallest absolute Gasteiger partial charge is 0.265 e. The number of nitrogens with zero attached hydrogens (tertiary/aromatic N) is 1. The minimum atomic E-state index is -0.106. The molecular weight excluding hydrogens is 318 g/mol. The second-order valence-corrected chi connectivity index (χ2v) is 5.66. The molecule has 0 spiro atoms. The van der Waals surface area contributed by atoms with Gasteiger partial charge in [0.25, 0.3) is 5.91 Å². The molecule has 1 aromatic rings. The number of anilines is 1. The van der Waals surface area contributed by atoms with E-state index in [1.165, 1.54) is 0 Å². The Morgan fingerprint density at radius 3 is 3.00 bits per heavy atom. The van der Waals surface area contributed by atoms with E-state index in [2.05, 4.69) is 10.6 Å². The second-order valence-electron chi connectivity index (χ2n) is 5.66. The molecule has 1 atom stereocenters. The first-order valence-corrected chi connectivity index (χ1v) is 7.76. The lowest BCUT2D eigenvalue weighted by molar-refractivity contribution is -0.122. The molecule has 2 aliphatic rings. The summed E-state index contributed by atoms with van der Waals surface area (Å²) in [6.07, 6.45) is 2.40. The summed E-state index contributed by atoms with van der Waals surface area (Å²) in [5.41, 5.74) is 0.742. The van der Waals surface area contributed by atoms with Crippen molar-refractivity contribution >= 4 is 29.9 Å². The Bertz CT molecular complexity index is 561. The van der Waals surface area contributed by atoms with Crippen LogP contribution >= 0.6 is 12.4 Å². The maximum atomic E-state index is 12.1. The predicted molar refractivity (Wildman–Crippen MR) is 90.2 cm³/mol. The zero-order valence-electron chi connectivity index (χ0n) is 12.9. The molecule has 1 aromatic carbocycles. The molecule has 7 heteroatoms. The second kappa shape index (κ2) is 8.17. The number of rotatable bonds is 4. The summed E-state index contributed by atoms with van der Waals surface area (Å²) in [4.78, 5) is 25.7. The summed E-state index contributed by atoms with van der Waals surface area (Å²) >= 11 is 0. The zero-order valence-corrected chi connectivity index (χ0v) is 13.7. The number of hydrogen-bond acceptors (Lipinski definition) is 4. The number of fused-ring (bicyclic) bond motifs is 1. The molecule has 3 rings (SSSR count). The van der Waals surface area contributed by atoms with Gasteiger partial charge < -0.3 is 20.3 Å². The average molecular weight is 340 g/mol. The van der Waals surface area contributed by atoms with Crippen molar-refractivity contribution in [1.29, 1.82) is 0 Å². The van der Waals surface area contributed by atoms with Gasteiger partial charge in [-0.25, -0.2) is 0 Å². The standard InChI is InChI=1S/C16H21N3O3.ClH/c20-15(18-12-4-3-8-17-10-12)7-9-19-13-5-1-2-6-14(13)22-11-16(19)21;/h1-2,5-6,12,17H,3-4,7-11H2,(H,18,20);1H/t12-;/m0./s1. The molecule has 2 amide bonds. The fraction of sp³-hybridized carbons (Fsp3) is 0.500. The van der Waals surface area contributed by atoms with Gasteiger partial charge in [0.2, 0.25) is 5.91 Å². The van der Waals surface area contributed by atoms with Gasteiger partial charge in [-0.3, -0.25) is 9.59 Å². The van der Waals surface area contributed by atoms with Crippen LogP contribution in [-0.4, -0.2) is 44.1 Å². The number of ether oxygens (including phenoxy) is 1. The molecule has 23 heavy (non-hydrogen) atoms. The maximum Gasteiger partial charge on any atom is 0.265 e. The first-order chi connectivity index (χ1) is 10.7. The first kappa shape index (κ1) is 17.6. The van der Waals surface area contributed by atoms with E-state index in [4.69, 9.17) is 4.74 Å². The topological polar surface area (TPSA) is 70.7 Å². The van der Waals surface area contributed by atoms with Gasteiger partial charge >= 0.3 is 0 Å². The molecule has 0 unspecified atom stereocenters. The van der Waals surface area contributed by atoms with Gasteiger partial charge in [0, 0.05) is 25.6 Å². The van der Waals surface area contributed by atoms with E-state index in [1.807, 2.05) is 24.3 Å². The van der Waals surface area contributed by atoms with Crippen molar-refractivity contribution in [2.45, 2.75) is 25.3 Å². The third-order valence-electron chi connectivity index (χ3n) is 4.03. The number of benzene rings is 1. The van der Waals surface area contributed by atoms with Crippen molar-refractivity contribution in [3.05, 3.63) is 24.3 Å². The number of halogens is 1. The summed E-state index contributed by atoms with van der Waals surface area (Å²) in [6, 6.07) is 7.61. The van der Waals surface area contributed by atoms with Crippen LogP contribution in [-0.2, 0) is 9.59 Å². The van der Waals surface area contributed by atoms with Crippen LogP contribution in [0, 0.1) is 0 Å². The minimum absolute atomic E-state index is 0. The Balaban J connectivity index is 0.00000192. The van der Waals surface area contributed by atoms with Crippen LogP contribution in [0.15, 0.2) is 24.3 Å². The number of hydrogen-bond donors (Lipinski definition) is 2. The average Bonchev–Trinajstić information content (AvgIpc) is 2.55. The monoisotopic (exact) mass is 339 g/mol. The molecule has 2 aliphatic heterocycles. The fourth-order valence-corrected chi connectivity index (χ4v) is 2.89. The largest absolute Gasteiger partial charge is 0.482 e. The number of amides is 2. The van der Waals surface area contributed by atoms with E-state index in [1.54, 1.807) is 4.90 Å². The molecule has 1 saturated heterocycles. The normalized spacial score (nSPS) is 20.1. The zero-order chi connectivity index (χ0) is 15.4. The summed E-state index contributed by atoms with van der Waals surface area (Å²) in [5, 5.41) is 6.30. The van der Waals surface area contributed by atoms with Gasteiger partial charge in [-0.1, -0.05) is 12.1 Å². The van der Waals surface area contributed by atoms with E-state index in [0.29, 0.717) is 18.7 Å². The van der Waals surface area contributed by atoms with Crippen LogP contribution in [0.3, 0.4) is 0 Å². The Hall–Kier alpha value is -1.79. The van der Waals surface area contributed by atoms with E-state index >= 15 is 0 Å². The number of nitrogens with one attached hydrogen (secondary N) is 2. The summed E-state index contributed by atoms with van der Waals surface area (Å²) in [7, 11) is 0. The Kier molecular flexibility index (Phi) is 6.24. The number of carbonyl (C=O) groups is 2. The molecule has 0 aliphatic carbocycles. The van der Waals surface area contributed by atoms with E-state index in [-0.39, 0.29) is 36.9 Å². The molecule has 126 valence electrons. The van der Waals surface area contributed by atoms with Crippen molar-refractivity contribution in [1.82, 2.24) is 10.6 Å². The Morgan fingerprint density at radius 1 is 1.39 bits per heavy atom. The molecule has 6 nitrogen and oxygen atoms in total. The van der Waals surface area contributed by atoms with Crippen molar-refractivity contribution < 1.29 is 14.3 Å². The van der Waals surface area contributed by atoms with Crippen LogP contribution in [0.2, 0.25) is 0 Å². The van der Waals surface area contributed by atoms with Crippen LogP contribution in [0.4, 0.5) is 5.69 Å². The van der Waals surface area contributed by atoms with Gasteiger partial charge in [0.05, 0.1) is 5.69 Å². The van der Waals surface area contributed by atoms with E-state index in [9.17, 15) is 9.59 Å².